The van der Waals surface area contributed by atoms with E-state index in [1.54, 1.807) is 30.5 Å². The lowest BCUT2D eigenvalue weighted by Crippen LogP contribution is -2.24. The maximum absolute atomic E-state index is 14.0. The number of para-hydroxylation sites is 1. The standard InChI is InChI=1S/C24H27FN4O2S/c1-15(18-12-16-8-9-17(18)11-16)29-23(13-31-22-7-3-2-5-19(22)25)27-28-24(29)32-14-21(30)20-6-4-10-26-20/h2-7,10,15-18,26H,8-9,11-14H2,1H3/t15-,16+,17+,18-/m1/s1. The number of carbonyl (C=O) groups is 1. The van der Waals surface area contributed by atoms with Gasteiger partial charge in [0, 0.05) is 12.2 Å². The molecule has 32 heavy (non-hydrogen) atoms. The number of benzene rings is 1. The van der Waals surface area contributed by atoms with Gasteiger partial charge >= 0.3 is 0 Å². The average molecular weight is 455 g/mol. The summed E-state index contributed by atoms with van der Waals surface area (Å²) in [7, 11) is 0. The maximum atomic E-state index is 14.0. The van der Waals surface area contributed by atoms with Gasteiger partial charge in [0.15, 0.2) is 28.3 Å². The molecule has 3 aromatic rings. The zero-order chi connectivity index (χ0) is 22.1. The summed E-state index contributed by atoms with van der Waals surface area (Å²) in [5.41, 5.74) is 0.591. The van der Waals surface area contributed by atoms with Crippen LogP contribution < -0.4 is 4.74 Å². The summed E-state index contributed by atoms with van der Waals surface area (Å²) in [5, 5.41) is 9.50. The predicted octanol–water partition coefficient (Wildman–Crippen LogP) is 5.30. The van der Waals surface area contributed by atoms with Crippen LogP contribution in [-0.4, -0.2) is 31.3 Å². The van der Waals surface area contributed by atoms with Gasteiger partial charge in [0.05, 0.1) is 11.4 Å². The molecule has 0 spiro atoms. The molecule has 1 aromatic carbocycles. The number of hydrogen-bond acceptors (Lipinski definition) is 5. The topological polar surface area (TPSA) is 72.8 Å². The van der Waals surface area contributed by atoms with E-state index in [2.05, 4.69) is 26.7 Å². The first-order valence-corrected chi connectivity index (χ1v) is 12.2. The number of aromatic amines is 1. The van der Waals surface area contributed by atoms with Crippen LogP contribution in [0, 0.1) is 23.6 Å². The van der Waals surface area contributed by atoms with Gasteiger partial charge in [-0.2, -0.15) is 0 Å². The number of rotatable bonds is 9. The smallest absolute Gasteiger partial charge is 0.192 e. The fraction of sp³-hybridized carbons (Fsp3) is 0.458. The van der Waals surface area contributed by atoms with Crippen LogP contribution in [0.1, 0.15) is 55.0 Å². The van der Waals surface area contributed by atoms with Crippen molar-refractivity contribution < 1.29 is 13.9 Å². The van der Waals surface area contributed by atoms with E-state index in [1.165, 1.54) is 43.5 Å². The van der Waals surface area contributed by atoms with Crippen LogP contribution in [0.5, 0.6) is 5.75 Å². The Labute approximate surface area is 191 Å². The Morgan fingerprint density at radius 2 is 2.12 bits per heavy atom. The van der Waals surface area contributed by atoms with Gasteiger partial charge in [0.1, 0.15) is 6.61 Å². The minimum Gasteiger partial charge on any atom is -0.483 e. The normalized spacial score (nSPS) is 22.9. The highest BCUT2D eigenvalue weighted by atomic mass is 32.2. The Bertz CT molecular complexity index is 1080. The first kappa shape index (κ1) is 21.2. The van der Waals surface area contributed by atoms with Gasteiger partial charge in [0.25, 0.3) is 0 Å². The Kier molecular flexibility index (Phi) is 6.04. The number of ether oxygens (including phenoxy) is 1. The molecule has 2 aromatic heterocycles. The van der Waals surface area contributed by atoms with Crippen molar-refractivity contribution in [2.75, 3.05) is 5.75 Å². The summed E-state index contributed by atoms with van der Waals surface area (Å²) in [6.45, 7) is 2.35. The second-order valence-electron chi connectivity index (χ2n) is 8.86. The summed E-state index contributed by atoms with van der Waals surface area (Å²) >= 11 is 1.40. The highest BCUT2D eigenvalue weighted by Gasteiger charge is 2.43. The van der Waals surface area contributed by atoms with Gasteiger partial charge in [0.2, 0.25) is 0 Å². The summed E-state index contributed by atoms with van der Waals surface area (Å²) < 4.78 is 21.9. The van der Waals surface area contributed by atoms with E-state index >= 15 is 0 Å². The van der Waals surface area contributed by atoms with E-state index in [9.17, 15) is 9.18 Å². The summed E-state index contributed by atoms with van der Waals surface area (Å²) in [6, 6.07) is 10.2. The van der Waals surface area contributed by atoms with Gasteiger partial charge in [-0.25, -0.2) is 4.39 Å². The largest absolute Gasteiger partial charge is 0.483 e. The molecule has 8 heteroatoms. The van der Waals surface area contributed by atoms with Gasteiger partial charge in [-0.1, -0.05) is 30.3 Å². The molecule has 2 aliphatic carbocycles. The summed E-state index contributed by atoms with van der Waals surface area (Å²) in [4.78, 5) is 15.5. The fourth-order valence-corrected chi connectivity index (χ4v) is 6.33. The number of nitrogens with zero attached hydrogens (tertiary/aromatic N) is 3. The Balaban J connectivity index is 1.37. The predicted molar refractivity (Wildman–Crippen MR) is 120 cm³/mol. The van der Waals surface area contributed by atoms with E-state index in [1.807, 2.05) is 6.07 Å². The van der Waals surface area contributed by atoms with Crippen molar-refractivity contribution in [3.8, 4) is 5.75 Å². The second kappa shape index (κ2) is 9.10. The maximum Gasteiger partial charge on any atom is 0.192 e. The quantitative estimate of drug-likeness (QED) is 0.351. The molecule has 0 aliphatic heterocycles. The van der Waals surface area contributed by atoms with Gasteiger partial charge < -0.3 is 9.72 Å². The highest BCUT2D eigenvalue weighted by molar-refractivity contribution is 7.99. The van der Waals surface area contributed by atoms with Crippen molar-refractivity contribution in [1.82, 2.24) is 19.7 Å². The molecule has 1 N–H and O–H groups in total. The molecule has 4 atom stereocenters. The van der Waals surface area contributed by atoms with Crippen LogP contribution in [0.15, 0.2) is 47.8 Å². The van der Waals surface area contributed by atoms with Gasteiger partial charge in [-0.3, -0.25) is 9.36 Å². The molecule has 0 unspecified atom stereocenters. The van der Waals surface area contributed by atoms with E-state index in [0.29, 0.717) is 22.6 Å². The minimum absolute atomic E-state index is 0.0197. The lowest BCUT2D eigenvalue weighted by molar-refractivity contribution is 0.101. The van der Waals surface area contributed by atoms with Crippen molar-refractivity contribution in [1.29, 1.82) is 0 Å². The number of fused-ring (bicyclic) bond motifs is 2. The van der Waals surface area contributed by atoms with E-state index in [-0.39, 0.29) is 29.9 Å². The van der Waals surface area contributed by atoms with E-state index in [0.717, 1.165) is 11.8 Å². The van der Waals surface area contributed by atoms with E-state index in [4.69, 9.17) is 4.74 Å². The molecule has 6 nitrogen and oxygen atoms in total. The number of thioether (sulfide) groups is 1. The first-order valence-electron chi connectivity index (χ1n) is 11.2. The second-order valence-corrected chi connectivity index (χ2v) is 9.81. The van der Waals surface area contributed by atoms with Crippen molar-refractivity contribution in [2.45, 2.75) is 50.4 Å². The van der Waals surface area contributed by atoms with Crippen molar-refractivity contribution in [3.63, 3.8) is 0 Å². The van der Waals surface area contributed by atoms with Crippen LogP contribution in [0.3, 0.4) is 0 Å². The third-order valence-electron chi connectivity index (χ3n) is 6.98. The third-order valence-corrected chi connectivity index (χ3v) is 7.92. The molecule has 5 rings (SSSR count). The van der Waals surface area contributed by atoms with E-state index < -0.39 is 5.82 Å². The molecule has 2 heterocycles. The molecule has 0 saturated heterocycles. The Morgan fingerprint density at radius 3 is 2.84 bits per heavy atom. The summed E-state index contributed by atoms with van der Waals surface area (Å²) in [5.74, 6) is 2.89. The molecule has 2 fully saturated rings. The van der Waals surface area contributed by atoms with Crippen LogP contribution in [0.25, 0.3) is 0 Å². The fourth-order valence-electron chi connectivity index (χ4n) is 5.41. The molecular formula is C24H27FN4O2S. The van der Waals surface area contributed by atoms with Crippen LogP contribution in [0.2, 0.25) is 0 Å². The van der Waals surface area contributed by atoms with Crippen molar-refractivity contribution >= 4 is 17.5 Å². The zero-order valence-electron chi connectivity index (χ0n) is 18.0. The minimum atomic E-state index is -0.397. The number of aromatic nitrogens is 4. The number of carbonyl (C=O) groups excluding carboxylic acids is 1. The number of H-pyrrole nitrogens is 1. The number of hydrogen-bond donors (Lipinski definition) is 1. The molecule has 0 amide bonds. The van der Waals surface area contributed by atoms with Crippen molar-refractivity contribution in [2.24, 2.45) is 17.8 Å². The zero-order valence-corrected chi connectivity index (χ0v) is 18.9. The molecule has 2 aliphatic rings. The molecule has 2 saturated carbocycles. The molecular weight excluding hydrogens is 427 g/mol. The third kappa shape index (κ3) is 4.20. The van der Waals surface area contributed by atoms with Crippen LogP contribution in [0.4, 0.5) is 4.39 Å². The monoisotopic (exact) mass is 454 g/mol. The molecule has 2 bridgehead atoms. The summed E-state index contributed by atoms with van der Waals surface area (Å²) in [6.07, 6.45) is 6.91. The lowest BCUT2D eigenvalue weighted by atomic mass is 9.84. The average Bonchev–Trinajstić information content (AvgIpc) is 3.60. The molecule has 168 valence electrons. The SMILES string of the molecule is C[C@H]([C@H]1C[C@H]2CC[C@H]1C2)n1c(COc2ccccc2F)nnc1SCC(=O)c1ccc[nH]1. The van der Waals surface area contributed by atoms with Crippen LogP contribution >= 0.6 is 11.8 Å². The first-order chi connectivity index (χ1) is 15.6. The Hall–Kier alpha value is -2.61. The highest BCUT2D eigenvalue weighted by Crippen LogP contribution is 2.52. The Morgan fingerprint density at radius 1 is 1.25 bits per heavy atom. The number of ketones is 1. The lowest BCUT2D eigenvalue weighted by Gasteiger charge is -2.30. The van der Waals surface area contributed by atoms with Crippen LogP contribution in [-0.2, 0) is 6.61 Å². The molecule has 0 radical (unpaired) electrons. The number of nitrogens with one attached hydrogen (secondary N) is 1. The number of Topliss-reactive ketones (excluding diaryl/α,β-unsaturated/α-hetero) is 1. The van der Waals surface area contributed by atoms with Crippen molar-refractivity contribution in [3.05, 3.63) is 59.9 Å². The van der Waals surface area contributed by atoms with Gasteiger partial charge in [-0.05, 0) is 68.2 Å². The van der Waals surface area contributed by atoms with Gasteiger partial charge in [-0.15, -0.1) is 10.2 Å². The number of halogens is 1.